The summed E-state index contributed by atoms with van der Waals surface area (Å²) >= 11 is 0. The van der Waals surface area contributed by atoms with Gasteiger partial charge in [-0.2, -0.15) is 0 Å². The monoisotopic (exact) mass is 653 g/mol. The summed E-state index contributed by atoms with van der Waals surface area (Å²) in [6, 6.07) is 0. The van der Waals surface area contributed by atoms with Crippen LogP contribution in [-0.2, 0) is 19.1 Å². The molecule has 0 aliphatic rings. The lowest BCUT2D eigenvalue weighted by Crippen LogP contribution is -2.28. The smallest absolute Gasteiger partial charge is 0.306 e. The van der Waals surface area contributed by atoms with Gasteiger partial charge >= 0.3 is 11.9 Å². The Bertz CT molecular complexity index is 736. The van der Waals surface area contributed by atoms with E-state index in [1.54, 1.807) is 0 Å². The molecule has 0 aromatic carbocycles. The maximum absolute atomic E-state index is 12.1. The Kier molecular flexibility index (Phi) is 33.3. The summed E-state index contributed by atoms with van der Waals surface area (Å²) in [5.74, 6) is -0.682. The molecule has 0 rings (SSSR count). The molecule has 3 N–H and O–H groups in total. The zero-order valence-corrected chi connectivity index (χ0v) is 29.8. The first kappa shape index (κ1) is 44.3. The summed E-state index contributed by atoms with van der Waals surface area (Å²) in [5.41, 5.74) is 0. The van der Waals surface area contributed by atoms with Crippen LogP contribution in [0.15, 0.2) is 24.3 Å². The third-order valence-corrected chi connectivity index (χ3v) is 8.37. The van der Waals surface area contributed by atoms with Gasteiger partial charge in [0.1, 0.15) is 6.61 Å². The molecule has 0 aromatic rings. The van der Waals surface area contributed by atoms with Crippen LogP contribution in [-0.4, -0.2) is 58.8 Å². The van der Waals surface area contributed by atoms with Crippen molar-refractivity contribution in [3.8, 4) is 0 Å². The Morgan fingerprint density at radius 3 is 1.48 bits per heavy atom. The quantitative estimate of drug-likeness (QED) is 0.0360. The standard InChI is InChI=1S/C39H72O7/c1-3-5-7-21-27-35(41)29-23-17-13-9-11-15-19-25-31-38(43)45-34-37(33-40)46-39(44)32-26-20-16-12-10-14-18-24-30-36(42)28-22-8-6-4-2/h17-18,23-24,35-37,40-42H,3-16,19-22,25-34H2,1-2H3/b23-17-,24-18-/t35-,36-,37-/m1/s1. The molecule has 0 fully saturated rings. The third-order valence-electron chi connectivity index (χ3n) is 8.37. The van der Waals surface area contributed by atoms with Gasteiger partial charge < -0.3 is 24.8 Å². The van der Waals surface area contributed by atoms with Crippen LogP contribution in [0.25, 0.3) is 0 Å². The second-order valence-corrected chi connectivity index (χ2v) is 13.0. The fourth-order valence-corrected chi connectivity index (χ4v) is 5.34. The highest BCUT2D eigenvalue weighted by atomic mass is 16.6. The molecule has 7 heteroatoms. The molecular weight excluding hydrogens is 580 g/mol. The maximum atomic E-state index is 12.1. The van der Waals surface area contributed by atoms with Crippen LogP contribution in [0.4, 0.5) is 0 Å². The molecule has 0 aromatic heterocycles. The van der Waals surface area contributed by atoms with Gasteiger partial charge in [-0.05, 0) is 64.2 Å². The average Bonchev–Trinajstić information content (AvgIpc) is 3.05. The van der Waals surface area contributed by atoms with Crippen molar-refractivity contribution in [1.82, 2.24) is 0 Å². The molecule has 46 heavy (non-hydrogen) atoms. The minimum absolute atomic E-state index is 0.107. The molecule has 0 heterocycles. The van der Waals surface area contributed by atoms with Gasteiger partial charge in [0.2, 0.25) is 0 Å². The number of rotatable bonds is 34. The molecule has 0 saturated carbocycles. The Morgan fingerprint density at radius 2 is 1.00 bits per heavy atom. The Balaban J connectivity index is 3.67. The lowest BCUT2D eigenvalue weighted by molar-refractivity contribution is -0.161. The molecule has 0 radical (unpaired) electrons. The largest absolute Gasteiger partial charge is 0.462 e. The van der Waals surface area contributed by atoms with Crippen molar-refractivity contribution in [2.45, 2.75) is 199 Å². The Labute approximate surface area is 282 Å². The molecule has 0 unspecified atom stereocenters. The fourth-order valence-electron chi connectivity index (χ4n) is 5.34. The van der Waals surface area contributed by atoms with Gasteiger partial charge in [0.05, 0.1) is 18.8 Å². The van der Waals surface area contributed by atoms with E-state index in [1.165, 1.54) is 38.5 Å². The first-order chi connectivity index (χ1) is 22.4. The van der Waals surface area contributed by atoms with E-state index in [0.29, 0.717) is 12.8 Å². The topological polar surface area (TPSA) is 113 Å². The number of hydrogen-bond acceptors (Lipinski definition) is 7. The van der Waals surface area contributed by atoms with Crippen molar-refractivity contribution in [2.24, 2.45) is 0 Å². The van der Waals surface area contributed by atoms with Crippen LogP contribution < -0.4 is 0 Å². The molecule has 3 atom stereocenters. The van der Waals surface area contributed by atoms with Gasteiger partial charge in [-0.25, -0.2) is 0 Å². The van der Waals surface area contributed by atoms with Crippen molar-refractivity contribution in [1.29, 1.82) is 0 Å². The normalized spacial score (nSPS) is 13.8. The van der Waals surface area contributed by atoms with Crippen LogP contribution in [0, 0.1) is 0 Å². The van der Waals surface area contributed by atoms with E-state index in [0.717, 1.165) is 116 Å². The molecule has 0 aliphatic carbocycles. The number of ether oxygens (including phenoxy) is 2. The zero-order valence-electron chi connectivity index (χ0n) is 29.8. The maximum Gasteiger partial charge on any atom is 0.306 e. The number of aliphatic hydroxyl groups excluding tert-OH is 3. The highest BCUT2D eigenvalue weighted by Crippen LogP contribution is 2.13. The summed E-state index contributed by atoms with van der Waals surface area (Å²) in [6.45, 7) is 3.92. The van der Waals surface area contributed by atoms with Gasteiger partial charge in [0, 0.05) is 12.8 Å². The molecule has 0 aliphatic heterocycles. The first-order valence-electron chi connectivity index (χ1n) is 19.0. The van der Waals surface area contributed by atoms with Crippen molar-refractivity contribution in [3.63, 3.8) is 0 Å². The van der Waals surface area contributed by atoms with Crippen LogP contribution in [0.5, 0.6) is 0 Å². The molecule has 0 saturated heterocycles. The molecular formula is C39H72O7. The molecule has 270 valence electrons. The van der Waals surface area contributed by atoms with Gasteiger partial charge in [-0.3, -0.25) is 9.59 Å². The van der Waals surface area contributed by atoms with E-state index in [-0.39, 0.29) is 37.4 Å². The number of carbonyl (C=O) groups excluding carboxylic acids is 2. The number of hydrogen-bond donors (Lipinski definition) is 3. The molecule has 0 amide bonds. The van der Waals surface area contributed by atoms with E-state index in [9.17, 15) is 24.9 Å². The van der Waals surface area contributed by atoms with Crippen molar-refractivity contribution >= 4 is 11.9 Å². The van der Waals surface area contributed by atoms with Gasteiger partial charge in [-0.15, -0.1) is 0 Å². The second-order valence-electron chi connectivity index (χ2n) is 13.0. The first-order valence-corrected chi connectivity index (χ1v) is 19.0. The lowest BCUT2D eigenvalue weighted by atomic mass is 10.1. The number of aliphatic hydroxyl groups is 3. The summed E-state index contributed by atoms with van der Waals surface area (Å²) in [5, 5.41) is 29.5. The minimum Gasteiger partial charge on any atom is -0.462 e. The van der Waals surface area contributed by atoms with Crippen molar-refractivity contribution in [3.05, 3.63) is 24.3 Å². The van der Waals surface area contributed by atoms with Crippen molar-refractivity contribution < 1.29 is 34.4 Å². The fraction of sp³-hybridized carbons (Fsp3) is 0.846. The van der Waals surface area contributed by atoms with Gasteiger partial charge in [0.15, 0.2) is 6.10 Å². The number of unbranched alkanes of at least 4 members (excludes halogenated alkanes) is 16. The summed E-state index contributed by atoms with van der Waals surface area (Å²) in [4.78, 5) is 24.2. The second kappa shape index (κ2) is 34.6. The van der Waals surface area contributed by atoms with Crippen LogP contribution >= 0.6 is 0 Å². The predicted molar refractivity (Wildman–Crippen MR) is 190 cm³/mol. The Hall–Kier alpha value is -1.70. The van der Waals surface area contributed by atoms with Crippen LogP contribution in [0.3, 0.4) is 0 Å². The summed E-state index contributed by atoms with van der Waals surface area (Å²) in [6.07, 6.45) is 32.8. The van der Waals surface area contributed by atoms with E-state index >= 15 is 0 Å². The van der Waals surface area contributed by atoms with Crippen LogP contribution in [0.2, 0.25) is 0 Å². The van der Waals surface area contributed by atoms with E-state index in [1.807, 2.05) is 0 Å². The Morgan fingerprint density at radius 1 is 0.565 bits per heavy atom. The van der Waals surface area contributed by atoms with E-state index in [4.69, 9.17) is 9.47 Å². The van der Waals surface area contributed by atoms with E-state index < -0.39 is 6.10 Å². The van der Waals surface area contributed by atoms with Gasteiger partial charge in [-0.1, -0.05) is 128 Å². The minimum atomic E-state index is -0.812. The lowest BCUT2D eigenvalue weighted by Gasteiger charge is -2.15. The highest BCUT2D eigenvalue weighted by Gasteiger charge is 2.16. The predicted octanol–water partition coefficient (Wildman–Crippen LogP) is 9.45. The van der Waals surface area contributed by atoms with E-state index in [2.05, 4.69) is 38.2 Å². The number of esters is 2. The zero-order chi connectivity index (χ0) is 33.9. The average molecular weight is 653 g/mol. The summed E-state index contributed by atoms with van der Waals surface area (Å²) < 4.78 is 10.5. The SMILES string of the molecule is CCCCCC[C@@H](O)C/C=C\CCCCCCCC(=O)OC[C@@H](CO)OC(=O)CCCCCCC/C=C\C[C@H](O)CCCCCC. The molecule has 7 nitrogen and oxygen atoms in total. The number of carbonyl (C=O) groups is 2. The molecule has 0 spiro atoms. The van der Waals surface area contributed by atoms with Crippen molar-refractivity contribution in [2.75, 3.05) is 13.2 Å². The van der Waals surface area contributed by atoms with Gasteiger partial charge in [0.25, 0.3) is 0 Å². The highest BCUT2D eigenvalue weighted by molar-refractivity contribution is 5.70. The summed E-state index contributed by atoms with van der Waals surface area (Å²) in [7, 11) is 0. The number of allylic oxidation sites excluding steroid dienone is 2. The third kappa shape index (κ3) is 32.2. The molecule has 0 bridgehead atoms. The van der Waals surface area contributed by atoms with Crippen LogP contribution in [0.1, 0.15) is 181 Å².